The molecule has 0 saturated heterocycles. The summed E-state index contributed by atoms with van der Waals surface area (Å²) in [6.07, 6.45) is 2.74. The molecule has 0 aliphatic carbocycles. The number of benzene rings is 2. The second-order valence-corrected chi connectivity index (χ2v) is 6.78. The van der Waals surface area contributed by atoms with Gasteiger partial charge in [-0.05, 0) is 37.5 Å². The van der Waals surface area contributed by atoms with Gasteiger partial charge in [0.05, 0.1) is 23.4 Å². The highest BCUT2D eigenvalue weighted by molar-refractivity contribution is 5.98. The van der Waals surface area contributed by atoms with Crippen LogP contribution in [0.15, 0.2) is 66.9 Å². The minimum atomic E-state index is -0.690. The fourth-order valence-corrected chi connectivity index (χ4v) is 2.90. The first kappa shape index (κ1) is 19.5. The average molecular weight is 376 g/mol. The van der Waals surface area contributed by atoms with Crippen molar-refractivity contribution in [1.29, 1.82) is 0 Å². The molecule has 4 N–H and O–H groups in total. The van der Waals surface area contributed by atoms with E-state index in [2.05, 4.69) is 15.6 Å². The molecule has 0 aliphatic heterocycles. The summed E-state index contributed by atoms with van der Waals surface area (Å²) in [5, 5.41) is 6.54. The van der Waals surface area contributed by atoms with Crippen molar-refractivity contribution in [3.8, 4) is 0 Å². The zero-order valence-corrected chi connectivity index (χ0v) is 15.8. The van der Waals surface area contributed by atoms with Crippen LogP contribution in [0.25, 0.3) is 10.9 Å². The molecule has 0 spiro atoms. The summed E-state index contributed by atoms with van der Waals surface area (Å²) in [7, 11) is 0. The van der Waals surface area contributed by atoms with Crippen LogP contribution in [0, 0.1) is 0 Å². The number of carbonyl (C=O) groups excluding carboxylic acids is 2. The van der Waals surface area contributed by atoms with Crippen molar-refractivity contribution in [2.45, 2.75) is 31.8 Å². The summed E-state index contributed by atoms with van der Waals surface area (Å²) in [6, 6.07) is 18.0. The molecule has 0 radical (unpaired) electrons. The molecule has 0 bridgehead atoms. The lowest BCUT2D eigenvalue weighted by Crippen LogP contribution is -2.49. The number of hydrogen-bond acceptors (Lipinski definition) is 4. The van der Waals surface area contributed by atoms with Gasteiger partial charge in [0.1, 0.15) is 6.04 Å². The van der Waals surface area contributed by atoms with Crippen molar-refractivity contribution < 1.29 is 9.59 Å². The third-order valence-corrected chi connectivity index (χ3v) is 4.47. The molecule has 0 unspecified atom stereocenters. The third kappa shape index (κ3) is 5.14. The van der Waals surface area contributed by atoms with Crippen LogP contribution in [-0.4, -0.2) is 28.9 Å². The normalized spacial score (nSPS) is 12.9. The number of pyridine rings is 1. The Hall–Kier alpha value is -3.25. The molecule has 1 heterocycles. The van der Waals surface area contributed by atoms with E-state index in [1.807, 2.05) is 60.7 Å². The highest BCUT2D eigenvalue weighted by Crippen LogP contribution is 2.16. The van der Waals surface area contributed by atoms with Crippen molar-refractivity contribution in [3.05, 3.63) is 72.4 Å². The predicted molar refractivity (Wildman–Crippen MR) is 111 cm³/mol. The maximum Gasteiger partial charge on any atom is 0.247 e. The Morgan fingerprint density at radius 3 is 2.50 bits per heavy atom. The Labute approximate surface area is 164 Å². The Kier molecular flexibility index (Phi) is 6.34. The van der Waals surface area contributed by atoms with Crippen molar-refractivity contribution in [2.75, 3.05) is 5.32 Å². The van der Waals surface area contributed by atoms with E-state index in [1.54, 1.807) is 13.1 Å². The number of fused-ring (bicyclic) bond motifs is 1. The lowest BCUT2D eigenvalue weighted by Gasteiger charge is -2.20. The maximum atomic E-state index is 12.8. The summed E-state index contributed by atoms with van der Waals surface area (Å²) in [4.78, 5) is 29.3. The number of hydrogen-bond donors (Lipinski definition) is 3. The van der Waals surface area contributed by atoms with Crippen LogP contribution in [0.2, 0.25) is 0 Å². The van der Waals surface area contributed by atoms with Crippen LogP contribution in [0.1, 0.15) is 18.9 Å². The van der Waals surface area contributed by atoms with Gasteiger partial charge in [-0.3, -0.25) is 14.6 Å². The highest BCUT2D eigenvalue weighted by atomic mass is 16.2. The molecule has 3 aromatic rings. The predicted octanol–water partition coefficient (Wildman–Crippen LogP) is 2.64. The van der Waals surface area contributed by atoms with Crippen LogP contribution in [0.5, 0.6) is 0 Å². The minimum Gasteiger partial charge on any atom is -0.343 e. The fraction of sp³-hybridized carbons (Fsp3) is 0.227. The van der Waals surface area contributed by atoms with Gasteiger partial charge >= 0.3 is 0 Å². The van der Waals surface area contributed by atoms with Crippen LogP contribution >= 0.6 is 0 Å². The molecular formula is C22H24N4O2. The Morgan fingerprint density at radius 1 is 1.04 bits per heavy atom. The second-order valence-electron chi connectivity index (χ2n) is 6.78. The van der Waals surface area contributed by atoms with E-state index >= 15 is 0 Å². The molecule has 144 valence electrons. The molecule has 2 amide bonds. The number of aryl methyl sites for hydroxylation is 1. The Morgan fingerprint density at radius 2 is 1.75 bits per heavy atom. The molecule has 0 aliphatic rings. The number of anilines is 1. The zero-order chi connectivity index (χ0) is 19.9. The quantitative estimate of drug-likeness (QED) is 0.590. The number of nitrogens with two attached hydrogens (primary N) is 1. The molecule has 0 fully saturated rings. The monoisotopic (exact) mass is 376 g/mol. The number of nitrogens with one attached hydrogen (secondary N) is 2. The van der Waals surface area contributed by atoms with Gasteiger partial charge in [0.25, 0.3) is 0 Å². The van der Waals surface area contributed by atoms with Gasteiger partial charge in [-0.1, -0.05) is 48.5 Å². The Bertz CT molecular complexity index is 957. The SMILES string of the molecule is C[C@H](N)C(=O)N[C@H](CCc1ccccc1)C(=O)Nc1cnc2ccccc2c1. The second kappa shape index (κ2) is 9.10. The summed E-state index contributed by atoms with van der Waals surface area (Å²) >= 11 is 0. The maximum absolute atomic E-state index is 12.8. The molecule has 3 rings (SSSR count). The summed E-state index contributed by atoms with van der Waals surface area (Å²) in [5.74, 6) is -0.646. The first-order valence-electron chi connectivity index (χ1n) is 9.28. The number of carbonyl (C=O) groups is 2. The fourth-order valence-electron chi connectivity index (χ4n) is 2.90. The van der Waals surface area contributed by atoms with Gasteiger partial charge in [-0.15, -0.1) is 0 Å². The molecule has 6 nitrogen and oxygen atoms in total. The number of aromatic nitrogens is 1. The van der Waals surface area contributed by atoms with Gasteiger partial charge in [0, 0.05) is 5.39 Å². The van der Waals surface area contributed by atoms with Crippen LogP contribution in [0.4, 0.5) is 5.69 Å². The van der Waals surface area contributed by atoms with Crippen molar-refractivity contribution in [1.82, 2.24) is 10.3 Å². The molecular weight excluding hydrogens is 352 g/mol. The van der Waals surface area contributed by atoms with Gasteiger partial charge < -0.3 is 16.4 Å². The number of amides is 2. The van der Waals surface area contributed by atoms with Crippen molar-refractivity contribution in [3.63, 3.8) is 0 Å². The standard InChI is InChI=1S/C22H24N4O2/c1-15(23)21(27)26-20(12-11-16-7-3-2-4-8-16)22(28)25-18-13-17-9-5-6-10-19(17)24-14-18/h2-10,13-15,20H,11-12,23H2,1H3,(H,25,28)(H,26,27)/t15-,20+/m0/s1. The lowest BCUT2D eigenvalue weighted by molar-refractivity contribution is -0.127. The van der Waals surface area contributed by atoms with Crippen LogP contribution < -0.4 is 16.4 Å². The molecule has 6 heteroatoms. The van der Waals surface area contributed by atoms with E-state index in [0.717, 1.165) is 16.5 Å². The van der Waals surface area contributed by atoms with Crippen LogP contribution in [-0.2, 0) is 16.0 Å². The molecule has 1 aromatic heterocycles. The van der Waals surface area contributed by atoms with E-state index in [9.17, 15) is 9.59 Å². The largest absolute Gasteiger partial charge is 0.343 e. The van der Waals surface area contributed by atoms with Crippen LogP contribution in [0.3, 0.4) is 0 Å². The summed E-state index contributed by atoms with van der Waals surface area (Å²) in [6.45, 7) is 1.59. The average Bonchev–Trinajstić information content (AvgIpc) is 2.71. The first-order valence-corrected chi connectivity index (χ1v) is 9.28. The van der Waals surface area contributed by atoms with E-state index in [-0.39, 0.29) is 11.8 Å². The molecule has 0 saturated carbocycles. The number of para-hydroxylation sites is 1. The summed E-state index contributed by atoms with van der Waals surface area (Å²) in [5.41, 5.74) is 8.19. The topological polar surface area (TPSA) is 97.1 Å². The smallest absolute Gasteiger partial charge is 0.247 e. The van der Waals surface area contributed by atoms with Gasteiger partial charge in [0.15, 0.2) is 0 Å². The van der Waals surface area contributed by atoms with Crippen molar-refractivity contribution >= 4 is 28.4 Å². The zero-order valence-electron chi connectivity index (χ0n) is 15.8. The summed E-state index contributed by atoms with van der Waals surface area (Å²) < 4.78 is 0. The lowest BCUT2D eigenvalue weighted by atomic mass is 10.0. The Balaban J connectivity index is 1.72. The van der Waals surface area contributed by atoms with Crippen molar-refractivity contribution in [2.24, 2.45) is 5.73 Å². The van der Waals surface area contributed by atoms with E-state index in [0.29, 0.717) is 18.5 Å². The third-order valence-electron chi connectivity index (χ3n) is 4.47. The highest BCUT2D eigenvalue weighted by Gasteiger charge is 2.22. The first-order chi connectivity index (χ1) is 13.5. The molecule has 28 heavy (non-hydrogen) atoms. The van der Waals surface area contributed by atoms with Gasteiger partial charge in [-0.2, -0.15) is 0 Å². The van der Waals surface area contributed by atoms with E-state index < -0.39 is 12.1 Å². The molecule has 2 aromatic carbocycles. The molecule has 2 atom stereocenters. The van der Waals surface area contributed by atoms with Gasteiger partial charge in [-0.25, -0.2) is 0 Å². The van der Waals surface area contributed by atoms with E-state index in [4.69, 9.17) is 5.73 Å². The number of nitrogens with zero attached hydrogens (tertiary/aromatic N) is 1. The van der Waals surface area contributed by atoms with Gasteiger partial charge in [0.2, 0.25) is 11.8 Å². The van der Waals surface area contributed by atoms with E-state index in [1.165, 1.54) is 0 Å². The number of rotatable bonds is 7. The minimum absolute atomic E-state index is 0.290.